The minimum Gasteiger partial charge on any atom is -0.381 e. The van der Waals surface area contributed by atoms with E-state index in [0.29, 0.717) is 12.5 Å². The molecule has 5 nitrogen and oxygen atoms in total. The van der Waals surface area contributed by atoms with Gasteiger partial charge in [0.25, 0.3) is 5.89 Å². The number of ether oxygens (including phenoxy) is 1. The van der Waals surface area contributed by atoms with Crippen LogP contribution in [0.1, 0.15) is 42.3 Å². The summed E-state index contributed by atoms with van der Waals surface area (Å²) in [5.74, 6) is 1.66. The first-order valence-electron chi connectivity index (χ1n) is 8.44. The standard InChI is InChI=1S/C18H19N3O2/c1-2-4-15-13(3-1)14-9-11(5-6-16(14)19-15)18-20-17(21-23-18)12-7-8-22-10-12/h5-6,9,12,19H,1-4,7-8,10H2/t12-/m1/s1. The van der Waals surface area contributed by atoms with Crippen LogP contribution in [-0.4, -0.2) is 28.3 Å². The Bertz CT molecular complexity index is 858. The van der Waals surface area contributed by atoms with Crippen molar-refractivity contribution in [2.45, 2.75) is 38.0 Å². The van der Waals surface area contributed by atoms with Crippen LogP contribution in [0.15, 0.2) is 22.7 Å². The van der Waals surface area contributed by atoms with E-state index in [-0.39, 0.29) is 5.92 Å². The zero-order valence-electron chi connectivity index (χ0n) is 13.0. The fraction of sp³-hybridized carbons (Fsp3) is 0.444. The van der Waals surface area contributed by atoms with Gasteiger partial charge in [-0.3, -0.25) is 0 Å². The molecule has 0 amide bonds. The molecule has 118 valence electrons. The molecule has 2 aliphatic rings. The van der Waals surface area contributed by atoms with Crippen LogP contribution >= 0.6 is 0 Å². The number of H-pyrrole nitrogens is 1. The second kappa shape index (κ2) is 5.20. The van der Waals surface area contributed by atoms with Crippen molar-refractivity contribution in [1.82, 2.24) is 15.1 Å². The summed E-state index contributed by atoms with van der Waals surface area (Å²) in [5.41, 5.74) is 5.09. The highest BCUT2D eigenvalue weighted by atomic mass is 16.5. The Kier molecular flexibility index (Phi) is 3.01. The van der Waals surface area contributed by atoms with Crippen molar-refractivity contribution in [2.75, 3.05) is 13.2 Å². The van der Waals surface area contributed by atoms with Crippen LogP contribution in [0, 0.1) is 0 Å². The second-order valence-electron chi connectivity index (χ2n) is 6.57. The summed E-state index contributed by atoms with van der Waals surface area (Å²) in [6, 6.07) is 6.39. The van der Waals surface area contributed by atoms with Crippen molar-refractivity contribution in [3.05, 3.63) is 35.3 Å². The van der Waals surface area contributed by atoms with Gasteiger partial charge in [-0.2, -0.15) is 4.98 Å². The van der Waals surface area contributed by atoms with Crippen molar-refractivity contribution in [2.24, 2.45) is 0 Å². The average Bonchev–Trinajstić information content (AvgIpc) is 3.32. The number of rotatable bonds is 2. The predicted octanol–water partition coefficient (Wildman–Crippen LogP) is 3.60. The molecule has 3 heterocycles. The summed E-state index contributed by atoms with van der Waals surface area (Å²) in [4.78, 5) is 8.16. The number of aryl methyl sites for hydroxylation is 2. The molecule has 0 saturated carbocycles. The molecular formula is C18H19N3O2. The van der Waals surface area contributed by atoms with Gasteiger partial charge in [-0.05, 0) is 55.9 Å². The van der Waals surface area contributed by atoms with Crippen LogP contribution < -0.4 is 0 Å². The summed E-state index contributed by atoms with van der Waals surface area (Å²) in [6.45, 7) is 1.49. The van der Waals surface area contributed by atoms with Gasteiger partial charge in [0.15, 0.2) is 5.82 Å². The molecule has 1 aliphatic carbocycles. The molecule has 1 N–H and O–H groups in total. The average molecular weight is 309 g/mol. The van der Waals surface area contributed by atoms with Gasteiger partial charge in [-0.1, -0.05) is 5.16 Å². The van der Waals surface area contributed by atoms with Gasteiger partial charge in [-0.15, -0.1) is 0 Å². The molecule has 1 saturated heterocycles. The Labute approximate surface area is 134 Å². The third kappa shape index (κ3) is 2.18. The molecule has 0 bridgehead atoms. The number of hydrogen-bond donors (Lipinski definition) is 1. The summed E-state index contributed by atoms with van der Waals surface area (Å²) in [5, 5.41) is 5.46. The first-order valence-corrected chi connectivity index (χ1v) is 8.44. The maximum Gasteiger partial charge on any atom is 0.257 e. The highest BCUT2D eigenvalue weighted by Gasteiger charge is 2.24. The van der Waals surface area contributed by atoms with Crippen molar-refractivity contribution < 1.29 is 9.26 Å². The summed E-state index contributed by atoms with van der Waals surface area (Å²) in [7, 11) is 0. The van der Waals surface area contributed by atoms with Crippen molar-refractivity contribution in [3.63, 3.8) is 0 Å². The smallest absolute Gasteiger partial charge is 0.257 e. The van der Waals surface area contributed by atoms with Crippen molar-refractivity contribution >= 4 is 10.9 Å². The molecule has 1 aliphatic heterocycles. The number of hydrogen-bond acceptors (Lipinski definition) is 4. The van der Waals surface area contributed by atoms with Crippen molar-refractivity contribution in [3.8, 4) is 11.5 Å². The first kappa shape index (κ1) is 13.3. The Morgan fingerprint density at radius 2 is 2.13 bits per heavy atom. The SMILES string of the molecule is c1cc2[nH]c3c(c2cc1-c1nc([C@@H]2CCOC2)no1)CCCC3. The lowest BCUT2D eigenvalue weighted by Crippen LogP contribution is -2.00. The molecule has 1 fully saturated rings. The fourth-order valence-electron chi connectivity index (χ4n) is 3.80. The highest BCUT2D eigenvalue weighted by Crippen LogP contribution is 2.32. The topological polar surface area (TPSA) is 63.9 Å². The van der Waals surface area contributed by atoms with E-state index in [1.807, 2.05) is 0 Å². The molecule has 1 atom stereocenters. The van der Waals surface area contributed by atoms with Crippen LogP contribution in [-0.2, 0) is 17.6 Å². The summed E-state index contributed by atoms with van der Waals surface area (Å²) >= 11 is 0. The number of benzene rings is 1. The van der Waals surface area contributed by atoms with Crippen LogP contribution in [0.5, 0.6) is 0 Å². The Hall–Kier alpha value is -2.14. The van der Waals surface area contributed by atoms with Gasteiger partial charge in [0.05, 0.1) is 6.61 Å². The molecule has 1 aromatic carbocycles. The van der Waals surface area contributed by atoms with E-state index in [1.54, 1.807) is 0 Å². The minimum atomic E-state index is 0.274. The number of fused-ring (bicyclic) bond motifs is 3. The van der Waals surface area contributed by atoms with E-state index < -0.39 is 0 Å². The molecule has 5 rings (SSSR count). The molecule has 5 heteroatoms. The van der Waals surface area contributed by atoms with Gasteiger partial charge >= 0.3 is 0 Å². The molecule has 2 aromatic heterocycles. The lowest BCUT2D eigenvalue weighted by Gasteiger charge is -2.10. The van der Waals surface area contributed by atoms with E-state index >= 15 is 0 Å². The Balaban J connectivity index is 1.55. The van der Waals surface area contributed by atoms with Crippen molar-refractivity contribution in [1.29, 1.82) is 0 Å². The zero-order chi connectivity index (χ0) is 15.2. The number of aromatic nitrogens is 3. The quantitative estimate of drug-likeness (QED) is 0.785. The van der Waals surface area contributed by atoms with Crippen LogP contribution in [0.4, 0.5) is 0 Å². The number of aromatic amines is 1. The third-order valence-electron chi connectivity index (χ3n) is 5.08. The van der Waals surface area contributed by atoms with Gasteiger partial charge in [0.1, 0.15) is 0 Å². The normalized spacial score (nSPS) is 21.0. The molecule has 23 heavy (non-hydrogen) atoms. The molecule has 0 spiro atoms. The third-order valence-corrected chi connectivity index (χ3v) is 5.08. The summed E-state index contributed by atoms with van der Waals surface area (Å²) in [6.07, 6.45) is 5.85. The molecule has 0 radical (unpaired) electrons. The highest BCUT2D eigenvalue weighted by molar-refractivity contribution is 5.88. The monoisotopic (exact) mass is 309 g/mol. The van der Waals surface area contributed by atoms with Gasteiger partial charge in [0, 0.05) is 34.7 Å². The molecule has 3 aromatic rings. The lowest BCUT2D eigenvalue weighted by atomic mass is 9.95. The van der Waals surface area contributed by atoms with Gasteiger partial charge in [0.2, 0.25) is 0 Å². The Morgan fingerprint density at radius 3 is 3.04 bits per heavy atom. The molecule has 0 unspecified atom stereocenters. The van der Waals surface area contributed by atoms with Gasteiger partial charge in [-0.25, -0.2) is 0 Å². The van der Waals surface area contributed by atoms with E-state index in [0.717, 1.165) is 37.3 Å². The number of nitrogens with zero attached hydrogens (tertiary/aromatic N) is 2. The first-order chi connectivity index (χ1) is 11.4. The minimum absolute atomic E-state index is 0.274. The van der Waals surface area contributed by atoms with Crippen LogP contribution in [0.25, 0.3) is 22.4 Å². The van der Waals surface area contributed by atoms with E-state index in [2.05, 4.69) is 33.3 Å². The second-order valence-corrected chi connectivity index (χ2v) is 6.57. The zero-order valence-corrected chi connectivity index (χ0v) is 13.0. The van der Waals surface area contributed by atoms with Crippen LogP contribution in [0.3, 0.4) is 0 Å². The largest absolute Gasteiger partial charge is 0.381 e. The summed E-state index contributed by atoms with van der Waals surface area (Å²) < 4.78 is 10.9. The van der Waals surface area contributed by atoms with Crippen LogP contribution in [0.2, 0.25) is 0 Å². The maximum atomic E-state index is 5.51. The van der Waals surface area contributed by atoms with E-state index in [1.165, 1.54) is 35.0 Å². The van der Waals surface area contributed by atoms with E-state index in [9.17, 15) is 0 Å². The molecular weight excluding hydrogens is 290 g/mol. The van der Waals surface area contributed by atoms with Gasteiger partial charge < -0.3 is 14.2 Å². The Morgan fingerprint density at radius 1 is 1.17 bits per heavy atom. The fourth-order valence-corrected chi connectivity index (χ4v) is 3.80. The lowest BCUT2D eigenvalue weighted by molar-refractivity contribution is 0.192. The maximum absolute atomic E-state index is 5.51. The predicted molar refractivity (Wildman–Crippen MR) is 86.4 cm³/mol. The van der Waals surface area contributed by atoms with E-state index in [4.69, 9.17) is 9.26 Å². The number of nitrogens with one attached hydrogen (secondary N) is 1.